The van der Waals surface area contributed by atoms with Crippen LogP contribution in [0.2, 0.25) is 0 Å². The number of rotatable bonds is 4. The summed E-state index contributed by atoms with van der Waals surface area (Å²) in [7, 11) is 0. The number of hydrogen-bond donors (Lipinski definition) is 2. The van der Waals surface area contributed by atoms with E-state index in [1.54, 1.807) is 6.07 Å². The number of amides is 1. The SMILES string of the molecule is CC1CCC(NC(=O)c2cccn2C(C)C)(C(=O)O)CC1. The van der Waals surface area contributed by atoms with E-state index in [1.807, 2.05) is 30.7 Å². The van der Waals surface area contributed by atoms with Crippen LogP contribution in [0, 0.1) is 5.92 Å². The standard InChI is InChI=1S/C16H24N2O3/c1-11(2)18-10-4-5-13(18)14(19)17-16(15(20)21)8-6-12(3)7-9-16/h4-5,10-12H,6-9H2,1-3H3,(H,17,19)(H,20,21). The number of nitrogens with zero attached hydrogens (tertiary/aromatic N) is 1. The third kappa shape index (κ3) is 3.12. The molecule has 1 amide bonds. The molecule has 0 aromatic carbocycles. The van der Waals surface area contributed by atoms with Gasteiger partial charge in [-0.1, -0.05) is 6.92 Å². The lowest BCUT2D eigenvalue weighted by Gasteiger charge is -2.36. The second-order valence-corrected chi connectivity index (χ2v) is 6.42. The number of nitrogens with one attached hydrogen (secondary N) is 1. The number of carbonyl (C=O) groups excluding carboxylic acids is 1. The molecule has 0 atom stereocenters. The fourth-order valence-electron chi connectivity index (χ4n) is 2.97. The molecule has 1 heterocycles. The summed E-state index contributed by atoms with van der Waals surface area (Å²) in [4.78, 5) is 24.2. The van der Waals surface area contributed by atoms with Crippen LogP contribution in [-0.2, 0) is 4.79 Å². The number of carboxylic acids is 1. The lowest BCUT2D eigenvalue weighted by Crippen LogP contribution is -2.56. The van der Waals surface area contributed by atoms with Crippen molar-refractivity contribution in [1.29, 1.82) is 0 Å². The Kier molecular flexibility index (Phi) is 4.40. The zero-order valence-corrected chi connectivity index (χ0v) is 12.9. The Hall–Kier alpha value is -1.78. The first-order valence-electron chi connectivity index (χ1n) is 7.58. The minimum atomic E-state index is -1.12. The molecule has 0 spiro atoms. The molecule has 1 aliphatic rings. The van der Waals surface area contributed by atoms with Crippen LogP contribution in [0.3, 0.4) is 0 Å². The predicted molar refractivity (Wildman–Crippen MR) is 80.3 cm³/mol. The Morgan fingerprint density at radius 3 is 2.52 bits per heavy atom. The van der Waals surface area contributed by atoms with Crippen molar-refractivity contribution in [2.75, 3.05) is 0 Å². The molecule has 1 saturated carbocycles. The second kappa shape index (κ2) is 5.92. The van der Waals surface area contributed by atoms with E-state index in [2.05, 4.69) is 12.2 Å². The van der Waals surface area contributed by atoms with Gasteiger partial charge in [-0.3, -0.25) is 4.79 Å². The number of carboxylic acid groups (broad SMARTS) is 1. The van der Waals surface area contributed by atoms with E-state index in [-0.39, 0.29) is 11.9 Å². The highest BCUT2D eigenvalue weighted by Crippen LogP contribution is 2.32. The minimum Gasteiger partial charge on any atom is -0.480 e. The minimum absolute atomic E-state index is 0.160. The van der Waals surface area contributed by atoms with Crippen LogP contribution in [0.5, 0.6) is 0 Å². The van der Waals surface area contributed by atoms with Gasteiger partial charge in [0.2, 0.25) is 0 Å². The van der Waals surface area contributed by atoms with Crippen molar-refractivity contribution in [1.82, 2.24) is 9.88 Å². The van der Waals surface area contributed by atoms with Gasteiger partial charge in [0.25, 0.3) is 5.91 Å². The van der Waals surface area contributed by atoms with Gasteiger partial charge in [-0.05, 0) is 57.6 Å². The average Bonchev–Trinajstić information content (AvgIpc) is 2.91. The van der Waals surface area contributed by atoms with Crippen molar-refractivity contribution in [2.24, 2.45) is 5.92 Å². The summed E-state index contributed by atoms with van der Waals surface area (Å²) in [5.41, 5.74) is -0.598. The Bertz CT molecular complexity index is 525. The molecule has 116 valence electrons. The van der Waals surface area contributed by atoms with Crippen LogP contribution in [0.4, 0.5) is 0 Å². The van der Waals surface area contributed by atoms with Gasteiger partial charge in [0.1, 0.15) is 11.2 Å². The molecular weight excluding hydrogens is 268 g/mol. The van der Waals surface area contributed by atoms with Gasteiger partial charge in [-0.25, -0.2) is 4.79 Å². The van der Waals surface area contributed by atoms with E-state index in [0.29, 0.717) is 24.5 Å². The summed E-state index contributed by atoms with van der Waals surface area (Å²) in [6, 6.07) is 3.70. The third-order valence-electron chi connectivity index (χ3n) is 4.46. The van der Waals surface area contributed by atoms with Crippen LogP contribution >= 0.6 is 0 Å². The van der Waals surface area contributed by atoms with Gasteiger partial charge in [-0.15, -0.1) is 0 Å². The van der Waals surface area contributed by atoms with Crippen molar-refractivity contribution < 1.29 is 14.7 Å². The van der Waals surface area contributed by atoms with Crippen molar-refractivity contribution in [2.45, 2.75) is 58.0 Å². The van der Waals surface area contributed by atoms with E-state index in [4.69, 9.17) is 0 Å². The summed E-state index contributed by atoms with van der Waals surface area (Å²) in [5.74, 6) is -0.704. The molecule has 21 heavy (non-hydrogen) atoms. The molecule has 2 rings (SSSR count). The van der Waals surface area contributed by atoms with E-state index >= 15 is 0 Å². The molecule has 1 aromatic rings. The quantitative estimate of drug-likeness (QED) is 0.896. The lowest BCUT2D eigenvalue weighted by molar-refractivity contribution is -0.146. The molecule has 0 aliphatic heterocycles. The van der Waals surface area contributed by atoms with Gasteiger partial charge in [0.05, 0.1) is 0 Å². The van der Waals surface area contributed by atoms with Crippen molar-refractivity contribution >= 4 is 11.9 Å². The largest absolute Gasteiger partial charge is 0.480 e. The lowest BCUT2D eigenvalue weighted by atomic mass is 9.77. The van der Waals surface area contributed by atoms with E-state index < -0.39 is 11.5 Å². The van der Waals surface area contributed by atoms with E-state index in [0.717, 1.165) is 12.8 Å². The average molecular weight is 292 g/mol. The highest BCUT2D eigenvalue weighted by Gasteiger charge is 2.42. The van der Waals surface area contributed by atoms with Gasteiger partial charge in [0.15, 0.2) is 0 Å². The molecule has 0 radical (unpaired) electrons. The van der Waals surface area contributed by atoms with Gasteiger partial charge < -0.3 is 15.0 Å². The smallest absolute Gasteiger partial charge is 0.329 e. The van der Waals surface area contributed by atoms with Gasteiger partial charge in [-0.2, -0.15) is 0 Å². The number of hydrogen-bond acceptors (Lipinski definition) is 2. The topological polar surface area (TPSA) is 71.3 Å². The first kappa shape index (κ1) is 15.6. The normalized spacial score (nSPS) is 25.8. The Morgan fingerprint density at radius 2 is 2.00 bits per heavy atom. The molecule has 5 nitrogen and oxygen atoms in total. The van der Waals surface area contributed by atoms with Crippen LogP contribution in [0.1, 0.15) is 63.0 Å². The molecule has 1 fully saturated rings. The summed E-state index contributed by atoms with van der Waals surface area (Å²) in [6.45, 7) is 6.11. The van der Waals surface area contributed by atoms with Crippen LogP contribution < -0.4 is 5.32 Å². The maximum Gasteiger partial charge on any atom is 0.329 e. The number of carbonyl (C=O) groups is 2. The first-order chi connectivity index (χ1) is 9.85. The molecule has 0 unspecified atom stereocenters. The van der Waals surface area contributed by atoms with Crippen LogP contribution in [0.25, 0.3) is 0 Å². The van der Waals surface area contributed by atoms with E-state index in [1.165, 1.54) is 0 Å². The second-order valence-electron chi connectivity index (χ2n) is 6.42. The summed E-state index contributed by atoms with van der Waals surface area (Å²) < 4.78 is 1.86. The number of aliphatic carboxylic acids is 1. The monoisotopic (exact) mass is 292 g/mol. The molecule has 5 heteroatoms. The molecule has 2 N–H and O–H groups in total. The molecule has 1 aromatic heterocycles. The van der Waals surface area contributed by atoms with Crippen molar-refractivity contribution in [3.63, 3.8) is 0 Å². The molecule has 0 bridgehead atoms. The van der Waals surface area contributed by atoms with Crippen molar-refractivity contribution in [3.8, 4) is 0 Å². The highest BCUT2D eigenvalue weighted by atomic mass is 16.4. The summed E-state index contributed by atoms with van der Waals surface area (Å²) in [5, 5.41) is 12.4. The maximum absolute atomic E-state index is 12.5. The molecular formula is C16H24N2O3. The zero-order valence-electron chi connectivity index (χ0n) is 12.9. The van der Waals surface area contributed by atoms with Crippen molar-refractivity contribution in [3.05, 3.63) is 24.0 Å². The Labute approximate surface area is 125 Å². The van der Waals surface area contributed by atoms with Gasteiger partial charge in [0, 0.05) is 12.2 Å². The van der Waals surface area contributed by atoms with E-state index in [9.17, 15) is 14.7 Å². The Morgan fingerprint density at radius 1 is 1.38 bits per heavy atom. The Balaban J connectivity index is 2.19. The first-order valence-corrected chi connectivity index (χ1v) is 7.58. The van der Waals surface area contributed by atoms with Crippen LogP contribution in [-0.4, -0.2) is 27.1 Å². The third-order valence-corrected chi connectivity index (χ3v) is 4.46. The van der Waals surface area contributed by atoms with Crippen LogP contribution in [0.15, 0.2) is 18.3 Å². The number of aromatic nitrogens is 1. The summed E-state index contributed by atoms with van der Waals surface area (Å²) >= 11 is 0. The summed E-state index contributed by atoms with van der Waals surface area (Å²) in [6.07, 6.45) is 4.50. The predicted octanol–water partition coefficient (Wildman–Crippen LogP) is 2.83. The zero-order chi connectivity index (χ0) is 15.6. The molecule has 1 aliphatic carbocycles. The fourth-order valence-corrected chi connectivity index (χ4v) is 2.97. The van der Waals surface area contributed by atoms with Gasteiger partial charge >= 0.3 is 5.97 Å². The molecule has 0 saturated heterocycles. The maximum atomic E-state index is 12.5. The fraction of sp³-hybridized carbons (Fsp3) is 0.625. The highest BCUT2D eigenvalue weighted by molar-refractivity contribution is 5.96.